The van der Waals surface area contributed by atoms with E-state index in [4.69, 9.17) is 16.3 Å². The highest BCUT2D eigenvalue weighted by Gasteiger charge is 2.38. The number of carbonyl (C=O) groups excluding carboxylic acids is 3. The molecule has 0 spiro atoms. The van der Waals surface area contributed by atoms with Crippen LogP contribution in [0.1, 0.15) is 38.0 Å². The average molecular weight is 348 g/mol. The molecule has 24 heavy (non-hydrogen) atoms. The van der Waals surface area contributed by atoms with Crippen molar-refractivity contribution in [3.63, 3.8) is 0 Å². The molecule has 2 aromatic carbocycles. The number of nitrogens with zero attached hydrogens (tertiary/aromatic N) is 1. The summed E-state index contributed by atoms with van der Waals surface area (Å²) in [6.45, 7) is 1.72. The predicted molar refractivity (Wildman–Crippen MR) is 84.9 cm³/mol. The van der Waals surface area contributed by atoms with E-state index in [1.165, 1.54) is 12.1 Å². The summed E-state index contributed by atoms with van der Waals surface area (Å²) in [5, 5.41) is -0.161. The van der Waals surface area contributed by atoms with Crippen molar-refractivity contribution in [1.29, 1.82) is 0 Å². The molecule has 0 saturated heterocycles. The van der Waals surface area contributed by atoms with E-state index in [1.54, 1.807) is 19.1 Å². The normalized spacial score (nSPS) is 13.2. The van der Waals surface area contributed by atoms with Crippen LogP contribution in [-0.4, -0.2) is 24.4 Å². The summed E-state index contributed by atoms with van der Waals surface area (Å²) in [6, 6.07) is 8.11. The molecule has 0 fully saturated rings. The van der Waals surface area contributed by atoms with Gasteiger partial charge >= 0.3 is 5.97 Å². The van der Waals surface area contributed by atoms with Crippen LogP contribution < -0.4 is 4.90 Å². The van der Waals surface area contributed by atoms with Crippen molar-refractivity contribution < 1.29 is 23.5 Å². The molecule has 0 N–H and O–H groups in total. The molecule has 0 atom stereocenters. The highest BCUT2D eigenvalue weighted by atomic mass is 35.5. The summed E-state index contributed by atoms with van der Waals surface area (Å²) >= 11 is 5.87. The number of rotatable bonds is 3. The van der Waals surface area contributed by atoms with Gasteiger partial charge in [-0.1, -0.05) is 23.7 Å². The van der Waals surface area contributed by atoms with Gasteiger partial charge in [-0.3, -0.25) is 9.59 Å². The van der Waals surface area contributed by atoms with Crippen LogP contribution in [0.5, 0.6) is 0 Å². The Morgan fingerprint density at radius 3 is 2.29 bits per heavy atom. The van der Waals surface area contributed by atoms with Gasteiger partial charge in [-0.2, -0.15) is 0 Å². The van der Waals surface area contributed by atoms with Gasteiger partial charge < -0.3 is 4.74 Å². The number of hydrogen-bond acceptors (Lipinski definition) is 4. The summed E-state index contributed by atoms with van der Waals surface area (Å²) in [5.41, 5.74) is -0.107. The molecule has 1 aliphatic rings. The van der Waals surface area contributed by atoms with Crippen molar-refractivity contribution in [3.05, 3.63) is 63.9 Å². The molecular weight excluding hydrogens is 337 g/mol. The summed E-state index contributed by atoms with van der Waals surface area (Å²) < 4.78 is 19.2. The van der Waals surface area contributed by atoms with E-state index < -0.39 is 23.6 Å². The van der Waals surface area contributed by atoms with E-state index in [-0.39, 0.29) is 34.0 Å². The highest BCUT2D eigenvalue weighted by molar-refractivity contribution is 6.36. The maximum absolute atomic E-state index is 14.3. The van der Waals surface area contributed by atoms with Crippen LogP contribution >= 0.6 is 11.6 Å². The van der Waals surface area contributed by atoms with Gasteiger partial charge in [-0.05, 0) is 31.2 Å². The predicted octanol–water partition coefficient (Wildman–Crippen LogP) is 3.46. The standard InChI is InChI=1S/C17H11ClFNO4/c1-2-24-17(23)11-7-14(13(19)8-12(11)18)20-15(21)9-5-3-4-6-10(9)16(20)22/h3-8H,2H2,1H3. The number of hydrogen-bond donors (Lipinski definition) is 0. The second-order valence-corrected chi connectivity index (χ2v) is 5.40. The Morgan fingerprint density at radius 1 is 1.17 bits per heavy atom. The molecule has 122 valence electrons. The number of amides is 2. The van der Waals surface area contributed by atoms with Gasteiger partial charge in [0.15, 0.2) is 0 Å². The van der Waals surface area contributed by atoms with Crippen LogP contribution in [0.4, 0.5) is 10.1 Å². The number of halogens is 2. The molecular formula is C17H11ClFNO4. The van der Waals surface area contributed by atoms with Gasteiger partial charge in [0.25, 0.3) is 11.8 Å². The fraction of sp³-hybridized carbons (Fsp3) is 0.118. The second kappa shape index (κ2) is 6.05. The van der Waals surface area contributed by atoms with Gasteiger partial charge in [0.05, 0.1) is 34.0 Å². The number of esters is 1. The first-order valence-corrected chi connectivity index (χ1v) is 7.47. The number of carbonyl (C=O) groups is 3. The van der Waals surface area contributed by atoms with E-state index in [1.807, 2.05) is 0 Å². The number of fused-ring (bicyclic) bond motifs is 1. The molecule has 5 nitrogen and oxygen atoms in total. The van der Waals surface area contributed by atoms with Crippen molar-refractivity contribution in [2.24, 2.45) is 0 Å². The molecule has 0 aliphatic carbocycles. The van der Waals surface area contributed by atoms with Gasteiger partial charge in [-0.25, -0.2) is 14.1 Å². The van der Waals surface area contributed by atoms with E-state index in [0.717, 1.165) is 12.1 Å². The van der Waals surface area contributed by atoms with Gasteiger partial charge in [0.2, 0.25) is 0 Å². The second-order valence-electron chi connectivity index (χ2n) is 5.00. The fourth-order valence-corrected chi connectivity index (χ4v) is 2.71. The first kappa shape index (κ1) is 16.1. The van der Waals surface area contributed by atoms with Gasteiger partial charge in [-0.15, -0.1) is 0 Å². The molecule has 1 aliphatic heterocycles. The maximum atomic E-state index is 14.3. The third kappa shape index (κ3) is 2.45. The quantitative estimate of drug-likeness (QED) is 0.630. The molecule has 2 aromatic rings. The van der Waals surface area contributed by atoms with Crippen molar-refractivity contribution in [2.75, 3.05) is 11.5 Å². The minimum absolute atomic E-state index is 0.106. The zero-order valence-electron chi connectivity index (χ0n) is 12.5. The Kier molecular flexibility index (Phi) is 4.07. The third-order valence-electron chi connectivity index (χ3n) is 3.57. The van der Waals surface area contributed by atoms with Gasteiger partial charge in [0.1, 0.15) is 5.82 Å². The molecule has 3 rings (SSSR count). The van der Waals surface area contributed by atoms with E-state index in [9.17, 15) is 18.8 Å². The highest BCUT2D eigenvalue weighted by Crippen LogP contribution is 2.33. The maximum Gasteiger partial charge on any atom is 0.339 e. The third-order valence-corrected chi connectivity index (χ3v) is 3.88. The molecule has 1 heterocycles. The molecule has 0 bridgehead atoms. The lowest BCUT2D eigenvalue weighted by atomic mass is 10.1. The Hall–Kier alpha value is -2.73. The minimum atomic E-state index is -0.887. The topological polar surface area (TPSA) is 63.7 Å². The number of anilines is 1. The lowest BCUT2D eigenvalue weighted by molar-refractivity contribution is 0.0526. The summed E-state index contributed by atoms with van der Waals surface area (Å²) in [6.07, 6.45) is 0. The molecule has 7 heteroatoms. The summed E-state index contributed by atoms with van der Waals surface area (Å²) in [4.78, 5) is 37.5. The van der Waals surface area contributed by atoms with E-state index in [2.05, 4.69) is 0 Å². The van der Waals surface area contributed by atoms with Crippen LogP contribution in [0.15, 0.2) is 36.4 Å². The molecule has 0 unspecified atom stereocenters. The Labute approximate surface area is 141 Å². The number of ether oxygens (including phenoxy) is 1. The zero-order valence-corrected chi connectivity index (χ0v) is 13.3. The monoisotopic (exact) mass is 347 g/mol. The zero-order chi connectivity index (χ0) is 17.4. The van der Waals surface area contributed by atoms with Crippen LogP contribution in [0, 0.1) is 5.82 Å². The van der Waals surface area contributed by atoms with Crippen LogP contribution in [0.3, 0.4) is 0 Å². The Bertz CT molecular complexity index is 846. The van der Waals surface area contributed by atoms with Crippen molar-refractivity contribution in [3.8, 4) is 0 Å². The first-order valence-electron chi connectivity index (χ1n) is 7.09. The lowest BCUT2D eigenvalue weighted by Crippen LogP contribution is -2.30. The SMILES string of the molecule is CCOC(=O)c1cc(N2C(=O)c3ccccc3C2=O)c(F)cc1Cl. The minimum Gasteiger partial charge on any atom is -0.462 e. The van der Waals surface area contributed by atoms with Crippen LogP contribution in [-0.2, 0) is 4.74 Å². The van der Waals surface area contributed by atoms with Crippen molar-refractivity contribution >= 4 is 35.1 Å². The van der Waals surface area contributed by atoms with Crippen LogP contribution in [0.25, 0.3) is 0 Å². The average Bonchev–Trinajstić information content (AvgIpc) is 2.80. The molecule has 0 radical (unpaired) electrons. The largest absolute Gasteiger partial charge is 0.462 e. The fourth-order valence-electron chi connectivity index (χ4n) is 2.48. The van der Waals surface area contributed by atoms with Gasteiger partial charge in [0, 0.05) is 0 Å². The Balaban J connectivity index is 2.11. The molecule has 0 saturated carbocycles. The smallest absolute Gasteiger partial charge is 0.339 e. The summed E-state index contributed by atoms with van der Waals surface area (Å²) in [7, 11) is 0. The number of benzene rings is 2. The van der Waals surface area contributed by atoms with Crippen molar-refractivity contribution in [1.82, 2.24) is 0 Å². The van der Waals surface area contributed by atoms with Crippen molar-refractivity contribution in [2.45, 2.75) is 6.92 Å². The van der Waals surface area contributed by atoms with E-state index in [0.29, 0.717) is 4.90 Å². The first-order chi connectivity index (χ1) is 11.5. The lowest BCUT2D eigenvalue weighted by Gasteiger charge is -2.16. The molecule has 0 aromatic heterocycles. The Morgan fingerprint density at radius 2 is 1.75 bits per heavy atom. The van der Waals surface area contributed by atoms with Crippen LogP contribution in [0.2, 0.25) is 5.02 Å². The summed E-state index contributed by atoms with van der Waals surface area (Å²) in [5.74, 6) is -2.97. The molecule has 2 amide bonds. The van der Waals surface area contributed by atoms with E-state index >= 15 is 0 Å². The number of imide groups is 1.